The number of aliphatic hydroxyl groups is 9. The largest absolute Gasteiger partial charge is 0.508 e. The molecule has 14 unspecified atom stereocenters. The summed E-state index contributed by atoms with van der Waals surface area (Å²) >= 11 is 0. The fraction of sp³-hybridized carbons (Fsp3) is 0.531. The molecule has 0 spiro atoms. The summed E-state index contributed by atoms with van der Waals surface area (Å²) in [5.41, 5.74) is -1.56. The minimum absolute atomic E-state index is 0.100. The van der Waals surface area contributed by atoms with Gasteiger partial charge in [0.15, 0.2) is 29.8 Å². The van der Waals surface area contributed by atoms with E-state index in [1.807, 2.05) is 0 Å². The molecule has 3 fully saturated rings. The summed E-state index contributed by atoms with van der Waals surface area (Å²) in [6.45, 7) is -2.37. The van der Waals surface area contributed by atoms with Crippen molar-refractivity contribution in [3.05, 3.63) is 40.6 Å². The van der Waals surface area contributed by atoms with Crippen molar-refractivity contribution in [2.45, 2.75) is 86.0 Å². The maximum Gasteiger partial charge on any atom is 0.239 e. The molecule has 3 aliphatic heterocycles. The number of hydrogen-bond acceptors (Lipinski definition) is 21. The topological polar surface area (TPSA) is 349 Å². The molecule has 13 N–H and O–H groups in total. The Bertz CT molecular complexity index is 1820. The van der Waals surface area contributed by atoms with Gasteiger partial charge < -0.3 is 99.2 Å². The van der Waals surface area contributed by atoms with Gasteiger partial charge in [-0.15, -0.1) is 0 Å². The van der Waals surface area contributed by atoms with Crippen molar-refractivity contribution in [1.82, 2.24) is 0 Å². The van der Waals surface area contributed by atoms with Crippen molar-refractivity contribution < 1.29 is 99.2 Å². The minimum Gasteiger partial charge on any atom is -0.508 e. The zero-order chi connectivity index (χ0) is 38.5. The van der Waals surface area contributed by atoms with Crippen LogP contribution in [0.4, 0.5) is 0 Å². The van der Waals surface area contributed by atoms with Crippen LogP contribution in [0.15, 0.2) is 39.5 Å². The predicted octanol–water partition coefficient (Wildman–Crippen LogP) is -4.25. The summed E-state index contributed by atoms with van der Waals surface area (Å²) < 4.78 is 39.4. The summed E-state index contributed by atoms with van der Waals surface area (Å²) in [5, 5.41) is 134. The zero-order valence-electron chi connectivity index (χ0n) is 27.2. The van der Waals surface area contributed by atoms with Crippen LogP contribution in [0, 0.1) is 0 Å². The van der Waals surface area contributed by atoms with E-state index in [2.05, 4.69) is 0 Å². The Morgan fingerprint density at radius 1 is 0.660 bits per heavy atom. The van der Waals surface area contributed by atoms with Crippen LogP contribution in [0.3, 0.4) is 0 Å². The Morgan fingerprint density at radius 2 is 1.32 bits per heavy atom. The lowest BCUT2D eigenvalue weighted by atomic mass is 9.96. The molecule has 14 atom stereocenters. The third-order valence-corrected chi connectivity index (χ3v) is 9.07. The molecular formula is C32H38O21. The van der Waals surface area contributed by atoms with Crippen LogP contribution in [0.1, 0.15) is 0 Å². The minimum atomic E-state index is -2.15. The highest BCUT2D eigenvalue weighted by Gasteiger charge is 2.54. The van der Waals surface area contributed by atoms with E-state index in [1.165, 1.54) is 6.07 Å². The van der Waals surface area contributed by atoms with Crippen LogP contribution in [-0.2, 0) is 23.7 Å². The first kappa shape index (κ1) is 38.8. The quantitative estimate of drug-likeness (QED) is 0.0919. The van der Waals surface area contributed by atoms with Crippen molar-refractivity contribution in [2.24, 2.45) is 0 Å². The second-order valence-electron chi connectivity index (χ2n) is 12.6. The molecular weight excluding hydrogens is 720 g/mol. The van der Waals surface area contributed by atoms with Crippen LogP contribution in [0.2, 0.25) is 0 Å². The molecule has 6 rings (SSSR count). The van der Waals surface area contributed by atoms with Crippen molar-refractivity contribution in [1.29, 1.82) is 0 Å². The van der Waals surface area contributed by atoms with Crippen LogP contribution < -0.4 is 10.2 Å². The normalized spacial score (nSPS) is 36.4. The van der Waals surface area contributed by atoms with Crippen LogP contribution in [0.5, 0.6) is 28.7 Å². The number of benzene rings is 2. The highest BCUT2D eigenvalue weighted by Crippen LogP contribution is 2.40. The van der Waals surface area contributed by atoms with Crippen molar-refractivity contribution in [3.8, 4) is 40.1 Å². The molecule has 0 radical (unpaired) electrons. The second kappa shape index (κ2) is 15.4. The number of aliphatic hydroxyl groups excluding tert-OH is 9. The summed E-state index contributed by atoms with van der Waals surface area (Å²) in [7, 11) is 0. The molecule has 21 nitrogen and oxygen atoms in total. The molecule has 292 valence electrons. The molecule has 4 heterocycles. The number of fused-ring (bicyclic) bond motifs is 1. The van der Waals surface area contributed by atoms with E-state index in [-0.39, 0.29) is 11.1 Å². The SMILES string of the molecule is O=c1c(OC2OC(CO)C(O)C(OC3OC(CO)C(O)C(O)C3OC3OCC(O)C(O)C3O)C2O)c(-c2ccc(O)c(O)c2)oc2cc(O)cc(O)c12. The fourth-order valence-corrected chi connectivity index (χ4v) is 6.18. The third-order valence-electron chi connectivity index (χ3n) is 9.07. The third kappa shape index (κ3) is 7.33. The number of phenols is 4. The zero-order valence-corrected chi connectivity index (χ0v) is 27.2. The van der Waals surface area contributed by atoms with Crippen LogP contribution in [0.25, 0.3) is 22.3 Å². The van der Waals surface area contributed by atoms with E-state index >= 15 is 0 Å². The first-order valence-electron chi connectivity index (χ1n) is 16.1. The Morgan fingerprint density at radius 3 is 2.00 bits per heavy atom. The first-order chi connectivity index (χ1) is 25.1. The molecule has 2 aromatic carbocycles. The number of phenolic OH excluding ortho intramolecular Hbond substituents is 4. The molecule has 21 heteroatoms. The number of ether oxygens (including phenoxy) is 6. The number of rotatable bonds is 9. The van der Waals surface area contributed by atoms with Gasteiger partial charge in [0.05, 0.1) is 19.8 Å². The highest BCUT2D eigenvalue weighted by atomic mass is 16.8. The van der Waals surface area contributed by atoms with E-state index < -0.39 is 151 Å². The van der Waals surface area contributed by atoms with Crippen LogP contribution in [-0.4, -0.2) is 172 Å². The summed E-state index contributed by atoms with van der Waals surface area (Å²) in [5.74, 6) is -3.71. The molecule has 3 aliphatic rings. The van der Waals surface area contributed by atoms with E-state index in [1.54, 1.807) is 0 Å². The van der Waals surface area contributed by atoms with E-state index in [0.717, 1.165) is 24.3 Å². The average molecular weight is 759 g/mol. The van der Waals surface area contributed by atoms with E-state index in [9.17, 15) is 71.2 Å². The summed E-state index contributed by atoms with van der Waals surface area (Å²) in [6.07, 6.45) is -25.8. The van der Waals surface area contributed by atoms with Gasteiger partial charge in [0, 0.05) is 17.7 Å². The van der Waals surface area contributed by atoms with Crippen molar-refractivity contribution in [3.63, 3.8) is 0 Å². The second-order valence-corrected chi connectivity index (χ2v) is 12.6. The standard InChI is InChI=1S/C32H38O21/c33-6-16-20(41)23(44)29(53-30-24(45)19(40)14(39)8-47-30)32(50-16)51-27-21(42)17(7-34)49-31(25(27)46)52-28-22(43)18-13(38)4-10(35)5-15(18)48-26(28)9-1-2-11(36)12(37)3-9/h1-5,14,16-17,19-21,23-25,27,29-42,44-46H,6-8H2. The predicted molar refractivity (Wildman–Crippen MR) is 168 cm³/mol. The van der Waals surface area contributed by atoms with Crippen LogP contribution >= 0.6 is 0 Å². The fourth-order valence-electron chi connectivity index (χ4n) is 6.18. The molecule has 1 aromatic heterocycles. The number of aromatic hydroxyl groups is 4. The average Bonchev–Trinajstić information content (AvgIpc) is 3.12. The lowest BCUT2D eigenvalue weighted by Gasteiger charge is -2.47. The van der Waals surface area contributed by atoms with Gasteiger partial charge in [-0.25, -0.2) is 0 Å². The van der Waals surface area contributed by atoms with Gasteiger partial charge in [-0.05, 0) is 18.2 Å². The molecule has 53 heavy (non-hydrogen) atoms. The Balaban J connectivity index is 1.36. The maximum atomic E-state index is 13.9. The van der Waals surface area contributed by atoms with Gasteiger partial charge in [0.2, 0.25) is 17.5 Å². The number of hydrogen-bond donors (Lipinski definition) is 13. The van der Waals surface area contributed by atoms with Crippen molar-refractivity contribution >= 4 is 11.0 Å². The van der Waals surface area contributed by atoms with Gasteiger partial charge in [-0.2, -0.15) is 0 Å². The molecule has 0 bridgehead atoms. The van der Waals surface area contributed by atoms with Gasteiger partial charge >= 0.3 is 0 Å². The lowest BCUT2D eigenvalue weighted by Crippen LogP contribution is -2.66. The highest BCUT2D eigenvalue weighted by molar-refractivity contribution is 5.88. The lowest BCUT2D eigenvalue weighted by molar-refractivity contribution is -0.380. The Labute approximate surface area is 296 Å². The maximum absolute atomic E-state index is 13.9. The van der Waals surface area contributed by atoms with Gasteiger partial charge in [0.25, 0.3) is 0 Å². The molecule has 0 amide bonds. The van der Waals surface area contributed by atoms with Crippen molar-refractivity contribution in [2.75, 3.05) is 19.8 Å². The van der Waals surface area contributed by atoms with E-state index in [0.29, 0.717) is 0 Å². The molecule has 0 aliphatic carbocycles. The van der Waals surface area contributed by atoms with Gasteiger partial charge in [-0.1, -0.05) is 0 Å². The molecule has 3 saturated heterocycles. The summed E-state index contributed by atoms with van der Waals surface area (Å²) in [6, 6.07) is 5.04. The van der Waals surface area contributed by atoms with Gasteiger partial charge in [-0.3, -0.25) is 4.79 Å². The monoisotopic (exact) mass is 758 g/mol. The summed E-state index contributed by atoms with van der Waals surface area (Å²) in [4.78, 5) is 13.9. The Kier molecular flexibility index (Phi) is 11.3. The Hall–Kier alpha value is -3.91. The molecule has 0 saturated carbocycles. The smallest absolute Gasteiger partial charge is 0.239 e. The first-order valence-corrected chi connectivity index (χ1v) is 16.1. The molecule has 3 aromatic rings. The van der Waals surface area contributed by atoms with E-state index in [4.69, 9.17) is 32.8 Å². The van der Waals surface area contributed by atoms with Gasteiger partial charge in [0.1, 0.15) is 89.6 Å².